The lowest BCUT2D eigenvalue weighted by Gasteiger charge is -2.41. The van der Waals surface area contributed by atoms with Gasteiger partial charge in [0.2, 0.25) is 11.8 Å². The fourth-order valence-corrected chi connectivity index (χ4v) is 3.72. The molecule has 2 amide bonds. The molecule has 2 unspecified atom stereocenters. The molecule has 2 N–H and O–H groups in total. The van der Waals surface area contributed by atoms with Gasteiger partial charge in [0.1, 0.15) is 0 Å². The van der Waals surface area contributed by atoms with Crippen molar-refractivity contribution in [3.63, 3.8) is 0 Å². The first-order valence-electron chi connectivity index (χ1n) is 8.76. The Balaban J connectivity index is 1.92. The highest BCUT2D eigenvalue weighted by Crippen LogP contribution is 2.26. The molecule has 2 saturated heterocycles. The van der Waals surface area contributed by atoms with E-state index in [2.05, 4.69) is 0 Å². The number of hydrogen-bond donors (Lipinski definition) is 1. The van der Waals surface area contributed by atoms with Gasteiger partial charge in [0.25, 0.3) is 0 Å². The van der Waals surface area contributed by atoms with Crippen LogP contribution in [-0.2, 0) is 9.59 Å². The molecule has 2 aliphatic heterocycles. The highest BCUT2D eigenvalue weighted by Gasteiger charge is 2.35. The second-order valence-corrected chi connectivity index (χ2v) is 7.21. The van der Waals surface area contributed by atoms with Crippen LogP contribution in [0.3, 0.4) is 0 Å². The van der Waals surface area contributed by atoms with Crippen molar-refractivity contribution in [3.8, 4) is 0 Å². The molecule has 2 heterocycles. The van der Waals surface area contributed by atoms with Gasteiger partial charge in [0.15, 0.2) is 0 Å². The molecule has 2 fully saturated rings. The minimum Gasteiger partial charge on any atom is -0.342 e. The third kappa shape index (κ3) is 3.80. The van der Waals surface area contributed by atoms with E-state index < -0.39 is 0 Å². The van der Waals surface area contributed by atoms with Crippen LogP contribution in [0, 0.1) is 11.8 Å². The maximum Gasteiger partial charge on any atom is 0.226 e. The largest absolute Gasteiger partial charge is 0.342 e. The molecule has 0 spiro atoms. The molecule has 126 valence electrons. The summed E-state index contributed by atoms with van der Waals surface area (Å²) in [4.78, 5) is 28.8. The van der Waals surface area contributed by atoms with E-state index in [0.29, 0.717) is 13.1 Å². The molecule has 0 saturated carbocycles. The van der Waals surface area contributed by atoms with Crippen LogP contribution in [0.2, 0.25) is 0 Å². The van der Waals surface area contributed by atoms with Crippen molar-refractivity contribution >= 4 is 11.8 Å². The van der Waals surface area contributed by atoms with Crippen molar-refractivity contribution in [1.29, 1.82) is 0 Å². The van der Waals surface area contributed by atoms with Crippen molar-refractivity contribution in [2.24, 2.45) is 17.6 Å². The molecule has 0 radical (unpaired) electrons. The van der Waals surface area contributed by atoms with Gasteiger partial charge in [-0.3, -0.25) is 9.59 Å². The van der Waals surface area contributed by atoms with E-state index in [4.69, 9.17) is 5.73 Å². The summed E-state index contributed by atoms with van der Waals surface area (Å²) in [7, 11) is 0. The van der Waals surface area contributed by atoms with Crippen LogP contribution in [0.4, 0.5) is 0 Å². The van der Waals surface area contributed by atoms with E-state index in [0.717, 1.165) is 38.6 Å². The van der Waals surface area contributed by atoms with Gasteiger partial charge in [-0.05, 0) is 39.0 Å². The number of hydrogen-bond acceptors (Lipinski definition) is 3. The highest BCUT2D eigenvalue weighted by atomic mass is 16.2. The highest BCUT2D eigenvalue weighted by molar-refractivity contribution is 5.81. The number of piperidine rings is 2. The van der Waals surface area contributed by atoms with Crippen LogP contribution in [-0.4, -0.2) is 53.3 Å². The van der Waals surface area contributed by atoms with Crippen LogP contribution in [0.15, 0.2) is 0 Å². The summed E-state index contributed by atoms with van der Waals surface area (Å²) in [5.41, 5.74) is 6.07. The molecule has 0 aliphatic carbocycles. The Hall–Kier alpha value is -1.10. The molecular formula is C17H31N3O2. The minimum absolute atomic E-state index is 0.0341. The Morgan fingerprint density at radius 3 is 2.18 bits per heavy atom. The van der Waals surface area contributed by atoms with Crippen molar-refractivity contribution in [1.82, 2.24) is 9.80 Å². The van der Waals surface area contributed by atoms with Gasteiger partial charge in [0.05, 0.1) is 0 Å². The number of rotatable bonds is 3. The van der Waals surface area contributed by atoms with Crippen LogP contribution in [0.25, 0.3) is 0 Å². The summed E-state index contributed by atoms with van der Waals surface area (Å²) in [5.74, 6) is 0.573. The van der Waals surface area contributed by atoms with E-state index >= 15 is 0 Å². The topological polar surface area (TPSA) is 66.6 Å². The molecular weight excluding hydrogens is 278 g/mol. The Labute approximate surface area is 134 Å². The zero-order valence-corrected chi connectivity index (χ0v) is 14.3. The lowest BCUT2D eigenvalue weighted by Crippen LogP contribution is -2.54. The third-order valence-corrected chi connectivity index (χ3v) is 5.09. The Morgan fingerprint density at radius 2 is 1.64 bits per heavy atom. The van der Waals surface area contributed by atoms with Crippen molar-refractivity contribution in [2.45, 2.75) is 65.0 Å². The van der Waals surface area contributed by atoms with Gasteiger partial charge in [-0.1, -0.05) is 13.8 Å². The number of amides is 2. The fraction of sp³-hybridized carbons (Fsp3) is 0.882. The summed E-state index contributed by atoms with van der Waals surface area (Å²) >= 11 is 0. The third-order valence-electron chi connectivity index (χ3n) is 5.09. The first-order valence-corrected chi connectivity index (χ1v) is 8.76. The Kier molecular flexibility index (Phi) is 5.84. The molecule has 2 rings (SSSR count). The van der Waals surface area contributed by atoms with E-state index in [-0.39, 0.29) is 35.7 Å². The molecule has 22 heavy (non-hydrogen) atoms. The Morgan fingerprint density at radius 1 is 1.00 bits per heavy atom. The number of carbonyl (C=O) groups excluding carboxylic acids is 2. The van der Waals surface area contributed by atoms with Crippen molar-refractivity contribution in [2.75, 3.05) is 19.6 Å². The van der Waals surface area contributed by atoms with E-state index in [9.17, 15) is 9.59 Å². The standard InChI is InChI=1S/C17H31N3O2/c1-12(2)16(21)19-10-7-14(8-11-19)17(22)20-9-5-4-6-15(20)13(3)18/h12-15H,4-11,18H2,1-3H3. The fourth-order valence-electron chi connectivity index (χ4n) is 3.72. The lowest BCUT2D eigenvalue weighted by atomic mass is 9.90. The van der Waals surface area contributed by atoms with Crippen LogP contribution in [0.1, 0.15) is 52.9 Å². The van der Waals surface area contributed by atoms with Crippen molar-refractivity contribution < 1.29 is 9.59 Å². The zero-order chi connectivity index (χ0) is 16.3. The molecule has 0 aromatic rings. The number of likely N-dealkylation sites (tertiary alicyclic amines) is 2. The first kappa shape index (κ1) is 17.3. The maximum absolute atomic E-state index is 12.8. The minimum atomic E-state index is 0.0341. The molecule has 0 bridgehead atoms. The number of nitrogens with zero attached hydrogens (tertiary/aromatic N) is 2. The molecule has 0 aromatic carbocycles. The van der Waals surface area contributed by atoms with Gasteiger partial charge in [-0.15, -0.1) is 0 Å². The Bertz CT molecular complexity index is 401. The van der Waals surface area contributed by atoms with Gasteiger partial charge < -0.3 is 15.5 Å². The number of nitrogens with two attached hydrogens (primary N) is 1. The summed E-state index contributed by atoms with van der Waals surface area (Å²) in [6, 6.07) is 0.225. The molecule has 2 atom stereocenters. The maximum atomic E-state index is 12.8. The smallest absolute Gasteiger partial charge is 0.226 e. The monoisotopic (exact) mass is 309 g/mol. The van der Waals surface area contributed by atoms with Gasteiger partial charge in [0, 0.05) is 43.6 Å². The van der Waals surface area contributed by atoms with Crippen LogP contribution in [0.5, 0.6) is 0 Å². The molecule has 5 heteroatoms. The second kappa shape index (κ2) is 7.44. The van der Waals surface area contributed by atoms with Crippen molar-refractivity contribution in [3.05, 3.63) is 0 Å². The predicted octanol–water partition coefficient (Wildman–Crippen LogP) is 1.61. The second-order valence-electron chi connectivity index (χ2n) is 7.21. The van der Waals surface area contributed by atoms with Crippen LogP contribution < -0.4 is 5.73 Å². The lowest BCUT2D eigenvalue weighted by molar-refractivity contribution is -0.144. The van der Waals surface area contributed by atoms with Gasteiger partial charge in [-0.2, -0.15) is 0 Å². The van der Waals surface area contributed by atoms with E-state index in [1.165, 1.54) is 0 Å². The predicted molar refractivity (Wildman–Crippen MR) is 87.1 cm³/mol. The normalized spacial score (nSPS) is 25.4. The van der Waals surface area contributed by atoms with Gasteiger partial charge in [-0.25, -0.2) is 0 Å². The summed E-state index contributed by atoms with van der Waals surface area (Å²) in [6.07, 6.45) is 4.85. The molecule has 5 nitrogen and oxygen atoms in total. The summed E-state index contributed by atoms with van der Waals surface area (Å²) < 4.78 is 0. The molecule has 2 aliphatic rings. The molecule has 0 aromatic heterocycles. The average molecular weight is 309 g/mol. The first-order chi connectivity index (χ1) is 10.4. The quantitative estimate of drug-likeness (QED) is 0.861. The van der Waals surface area contributed by atoms with Crippen LogP contribution >= 0.6 is 0 Å². The SMILES string of the molecule is CC(C)C(=O)N1CCC(C(=O)N2CCCCC2C(C)N)CC1. The summed E-state index contributed by atoms with van der Waals surface area (Å²) in [5, 5.41) is 0. The summed E-state index contributed by atoms with van der Waals surface area (Å²) in [6.45, 7) is 8.13. The van der Waals surface area contributed by atoms with E-state index in [1.807, 2.05) is 30.6 Å². The average Bonchev–Trinajstić information content (AvgIpc) is 2.53. The number of carbonyl (C=O) groups is 2. The zero-order valence-electron chi connectivity index (χ0n) is 14.3. The van der Waals surface area contributed by atoms with Gasteiger partial charge >= 0.3 is 0 Å². The van der Waals surface area contributed by atoms with E-state index in [1.54, 1.807) is 0 Å².